The molecule has 0 bridgehead atoms. The van der Waals surface area contributed by atoms with E-state index < -0.39 is 29.1 Å². The summed E-state index contributed by atoms with van der Waals surface area (Å²) < 4.78 is 27.8. The molecule has 0 spiro atoms. The van der Waals surface area contributed by atoms with Crippen LogP contribution in [0.15, 0.2) is 73.3 Å². The Morgan fingerprint density at radius 3 is 2.28 bits per heavy atom. The van der Waals surface area contributed by atoms with Crippen LogP contribution in [0.2, 0.25) is 0 Å². The summed E-state index contributed by atoms with van der Waals surface area (Å²) in [6.45, 7) is 0. The molecule has 0 radical (unpaired) electrons. The molecule has 9 heteroatoms. The zero-order valence-electron chi connectivity index (χ0n) is 19.0. The number of hydrogen-bond donors (Lipinski definition) is 2. The average molecular weight is 485 g/mol. The van der Waals surface area contributed by atoms with Gasteiger partial charge in [-0.3, -0.25) is 9.59 Å². The summed E-state index contributed by atoms with van der Waals surface area (Å²) in [6, 6.07) is 13.6. The summed E-state index contributed by atoms with van der Waals surface area (Å²) in [6.07, 6.45) is 7.18. The summed E-state index contributed by atoms with van der Waals surface area (Å²) in [5.74, 6) is -3.07. The Morgan fingerprint density at radius 1 is 0.861 bits per heavy atom. The maximum Gasteiger partial charge on any atom is 0.274 e. The van der Waals surface area contributed by atoms with Gasteiger partial charge in [-0.05, 0) is 60.2 Å². The highest BCUT2D eigenvalue weighted by molar-refractivity contribution is 6.04. The molecular formula is C27H21F2N5O2. The molecule has 2 amide bonds. The Hall–Kier alpha value is -4.53. The largest absolute Gasteiger partial charge is 0.348 e. The molecule has 1 aliphatic carbocycles. The molecule has 2 aromatic heterocycles. The first kappa shape index (κ1) is 23.2. The fraction of sp³-hybridized carbons (Fsp3) is 0.148. The van der Waals surface area contributed by atoms with Gasteiger partial charge in [-0.1, -0.05) is 30.3 Å². The number of pyridine rings is 1. The van der Waals surface area contributed by atoms with Crippen LogP contribution in [-0.2, 0) is 12.8 Å². The molecule has 0 saturated heterocycles. The maximum absolute atomic E-state index is 13.9. The molecule has 4 aromatic rings. The van der Waals surface area contributed by atoms with Crippen LogP contribution in [-0.4, -0.2) is 32.8 Å². The fourth-order valence-electron chi connectivity index (χ4n) is 4.36. The number of fused-ring (bicyclic) bond motifs is 1. The highest BCUT2D eigenvalue weighted by Gasteiger charge is 2.24. The number of carbonyl (C=O) groups excluding carboxylic acids is 2. The molecule has 2 aromatic carbocycles. The van der Waals surface area contributed by atoms with Crippen molar-refractivity contribution in [1.29, 1.82) is 0 Å². The van der Waals surface area contributed by atoms with Gasteiger partial charge >= 0.3 is 0 Å². The lowest BCUT2D eigenvalue weighted by Gasteiger charge is -2.27. The highest BCUT2D eigenvalue weighted by atomic mass is 19.1. The van der Waals surface area contributed by atoms with E-state index in [4.69, 9.17) is 0 Å². The van der Waals surface area contributed by atoms with Gasteiger partial charge in [-0.2, -0.15) is 0 Å². The fourth-order valence-corrected chi connectivity index (χ4v) is 4.36. The van der Waals surface area contributed by atoms with Gasteiger partial charge < -0.3 is 10.6 Å². The number of carbonyl (C=O) groups is 2. The molecule has 180 valence electrons. The number of amides is 2. The lowest BCUT2D eigenvalue weighted by molar-refractivity contribution is 0.0928. The molecular weight excluding hydrogens is 464 g/mol. The Morgan fingerprint density at radius 2 is 1.53 bits per heavy atom. The third-order valence-electron chi connectivity index (χ3n) is 6.11. The number of para-hydroxylation sites is 1. The quantitative estimate of drug-likeness (QED) is 0.438. The van der Waals surface area contributed by atoms with E-state index in [0.717, 1.165) is 41.7 Å². The van der Waals surface area contributed by atoms with Gasteiger partial charge in [-0.15, -0.1) is 0 Å². The first-order valence-electron chi connectivity index (χ1n) is 11.4. The Labute approximate surface area is 205 Å². The van der Waals surface area contributed by atoms with Crippen LogP contribution in [0.25, 0.3) is 11.1 Å². The second kappa shape index (κ2) is 9.99. The number of aromatic nitrogens is 3. The third kappa shape index (κ3) is 4.81. The second-order valence-electron chi connectivity index (χ2n) is 8.44. The van der Waals surface area contributed by atoms with Crippen LogP contribution in [0, 0.1) is 11.6 Å². The summed E-state index contributed by atoms with van der Waals surface area (Å²) >= 11 is 0. The monoisotopic (exact) mass is 485 g/mol. The topological polar surface area (TPSA) is 96.9 Å². The molecule has 0 aliphatic heterocycles. The molecule has 0 saturated carbocycles. The summed E-state index contributed by atoms with van der Waals surface area (Å²) in [4.78, 5) is 37.9. The molecule has 2 N–H and O–H groups in total. The van der Waals surface area contributed by atoms with E-state index in [9.17, 15) is 18.4 Å². The van der Waals surface area contributed by atoms with Crippen LogP contribution < -0.4 is 10.6 Å². The first-order valence-corrected chi connectivity index (χ1v) is 11.4. The Balaban J connectivity index is 1.31. The smallest absolute Gasteiger partial charge is 0.274 e. The Kier molecular flexibility index (Phi) is 6.44. The molecule has 1 aliphatic rings. The molecule has 5 rings (SSSR count). The maximum atomic E-state index is 13.9. The van der Waals surface area contributed by atoms with Crippen molar-refractivity contribution in [2.75, 3.05) is 5.32 Å². The van der Waals surface area contributed by atoms with Crippen molar-refractivity contribution in [3.63, 3.8) is 0 Å². The molecule has 0 fully saturated rings. The van der Waals surface area contributed by atoms with Crippen molar-refractivity contribution < 1.29 is 18.4 Å². The summed E-state index contributed by atoms with van der Waals surface area (Å²) in [5, 5.41) is 5.19. The van der Waals surface area contributed by atoms with Crippen molar-refractivity contribution in [1.82, 2.24) is 20.3 Å². The number of nitrogens with zero attached hydrogens (tertiary/aromatic N) is 3. The summed E-state index contributed by atoms with van der Waals surface area (Å²) in [7, 11) is 0. The van der Waals surface area contributed by atoms with Gasteiger partial charge in [0.25, 0.3) is 11.8 Å². The van der Waals surface area contributed by atoms with Crippen molar-refractivity contribution in [3.05, 3.63) is 107 Å². The first-order chi connectivity index (χ1) is 17.5. The predicted molar refractivity (Wildman–Crippen MR) is 129 cm³/mol. The van der Waals surface area contributed by atoms with Crippen molar-refractivity contribution in [2.24, 2.45) is 0 Å². The minimum Gasteiger partial charge on any atom is -0.348 e. The number of hydrogen-bond acceptors (Lipinski definition) is 5. The van der Waals surface area contributed by atoms with Crippen LogP contribution >= 0.6 is 0 Å². The van der Waals surface area contributed by atoms with Crippen molar-refractivity contribution in [2.45, 2.75) is 25.3 Å². The minimum absolute atomic E-state index is 0.0344. The number of benzene rings is 2. The zero-order chi connectivity index (χ0) is 25.1. The summed E-state index contributed by atoms with van der Waals surface area (Å²) in [5.41, 5.74) is 3.63. The Bertz CT molecular complexity index is 1430. The van der Waals surface area contributed by atoms with Gasteiger partial charge in [0.1, 0.15) is 35.0 Å². The predicted octanol–water partition coefficient (Wildman–Crippen LogP) is 4.36. The van der Waals surface area contributed by atoms with Gasteiger partial charge in [-0.25, -0.2) is 23.7 Å². The molecule has 1 atom stereocenters. The molecule has 1 unspecified atom stereocenters. The number of nitrogens with one attached hydrogen (secondary N) is 2. The van der Waals surface area contributed by atoms with E-state index in [0.29, 0.717) is 6.42 Å². The van der Waals surface area contributed by atoms with Crippen molar-refractivity contribution in [3.8, 4) is 11.1 Å². The number of anilines is 1. The van der Waals surface area contributed by atoms with Gasteiger partial charge in [0, 0.05) is 24.0 Å². The van der Waals surface area contributed by atoms with E-state index in [2.05, 4.69) is 31.7 Å². The lowest BCUT2D eigenvalue weighted by Crippen LogP contribution is -2.39. The van der Waals surface area contributed by atoms with E-state index in [1.807, 2.05) is 12.1 Å². The van der Waals surface area contributed by atoms with E-state index >= 15 is 0 Å². The second-order valence-corrected chi connectivity index (χ2v) is 8.44. The lowest BCUT2D eigenvalue weighted by atomic mass is 9.84. The SMILES string of the molecule is O=C(Nc1c(F)cccc1F)c1cccc(C(=O)NC2CCc3cccc(-c4cncnc4)c3C2)n1. The molecule has 7 nitrogen and oxygen atoms in total. The van der Waals surface area contributed by atoms with E-state index in [-0.39, 0.29) is 17.4 Å². The minimum atomic E-state index is -0.906. The number of aryl methyl sites for hydroxylation is 1. The van der Waals surface area contributed by atoms with Crippen LogP contribution in [0.3, 0.4) is 0 Å². The van der Waals surface area contributed by atoms with E-state index in [1.54, 1.807) is 12.4 Å². The number of halogens is 2. The average Bonchev–Trinajstić information content (AvgIpc) is 2.91. The van der Waals surface area contributed by atoms with Crippen LogP contribution in [0.4, 0.5) is 14.5 Å². The normalized spacial score (nSPS) is 14.6. The van der Waals surface area contributed by atoms with E-state index in [1.165, 1.54) is 36.2 Å². The van der Waals surface area contributed by atoms with Crippen LogP contribution in [0.1, 0.15) is 38.5 Å². The zero-order valence-corrected chi connectivity index (χ0v) is 19.0. The van der Waals surface area contributed by atoms with Crippen molar-refractivity contribution >= 4 is 17.5 Å². The van der Waals surface area contributed by atoms with Gasteiger partial charge in [0.05, 0.1) is 0 Å². The number of rotatable bonds is 5. The molecule has 36 heavy (non-hydrogen) atoms. The van der Waals surface area contributed by atoms with Crippen LogP contribution in [0.5, 0.6) is 0 Å². The standard InChI is InChI=1S/C27H21F2N5O2/c28-21-6-2-7-22(29)25(21)34-27(36)24-9-3-8-23(33-24)26(35)32-18-11-10-16-4-1-5-19(20(16)12-18)17-13-30-15-31-14-17/h1-9,13-15,18H,10-12H2,(H,32,35)(H,34,36). The highest BCUT2D eigenvalue weighted by Crippen LogP contribution is 2.31. The third-order valence-corrected chi connectivity index (χ3v) is 6.11. The molecule has 2 heterocycles. The van der Waals surface area contributed by atoms with Gasteiger partial charge in [0.2, 0.25) is 0 Å². The van der Waals surface area contributed by atoms with Gasteiger partial charge in [0.15, 0.2) is 0 Å².